The van der Waals surface area contributed by atoms with Gasteiger partial charge in [-0.05, 0) is 25.7 Å². The van der Waals surface area contributed by atoms with Crippen LogP contribution in [-0.4, -0.2) is 24.4 Å². The third-order valence-electron chi connectivity index (χ3n) is 2.03. The first-order valence-electron chi connectivity index (χ1n) is 4.18. The summed E-state index contributed by atoms with van der Waals surface area (Å²) in [5.41, 5.74) is 0. The Bertz CT molecular complexity index is 275. The molecular weight excluding hydrogens is 196 g/mol. The van der Waals surface area contributed by atoms with Crippen LogP contribution < -0.4 is 0 Å². The van der Waals surface area contributed by atoms with Gasteiger partial charge < -0.3 is 4.74 Å². The lowest BCUT2D eigenvalue weighted by atomic mass is 9.98. The van der Waals surface area contributed by atoms with Crippen molar-refractivity contribution in [3.05, 3.63) is 0 Å². The molecule has 1 aliphatic carbocycles. The summed E-state index contributed by atoms with van der Waals surface area (Å²) in [5.74, 6) is 0. The van der Waals surface area contributed by atoms with E-state index in [1.807, 2.05) is 0 Å². The molecule has 0 aromatic carbocycles. The molecule has 0 heterocycles. The third-order valence-corrected chi connectivity index (χ3v) is 2.54. The highest BCUT2D eigenvalue weighted by Gasteiger charge is 2.25. The van der Waals surface area contributed by atoms with E-state index in [0.29, 0.717) is 12.8 Å². The van der Waals surface area contributed by atoms with E-state index in [1.54, 1.807) is 0 Å². The van der Waals surface area contributed by atoms with Crippen LogP contribution in [0.15, 0.2) is 0 Å². The minimum atomic E-state index is -4.66. The van der Waals surface area contributed by atoms with Crippen molar-refractivity contribution in [2.45, 2.75) is 38.2 Å². The molecule has 1 N–H and O–H groups in total. The van der Waals surface area contributed by atoms with Crippen molar-refractivity contribution in [1.29, 1.82) is 0 Å². The molecule has 0 atom stereocenters. The van der Waals surface area contributed by atoms with Crippen molar-refractivity contribution in [3.63, 3.8) is 0 Å². The van der Waals surface area contributed by atoms with Crippen LogP contribution in [0.25, 0.3) is 0 Å². The quantitative estimate of drug-likeness (QED) is 0.519. The first kappa shape index (κ1) is 10.5. The van der Waals surface area contributed by atoms with Crippen LogP contribution in [0, 0.1) is 0 Å². The second kappa shape index (κ2) is 4.06. The number of rotatable bonds is 1. The molecule has 76 valence electrons. The van der Waals surface area contributed by atoms with E-state index >= 15 is 0 Å². The monoisotopic (exact) mass is 208 g/mol. The molecule has 1 rings (SSSR count). The SMILES string of the molecule is O=C(OC1CCCCC1)S(=O)(=O)O. The zero-order valence-corrected chi connectivity index (χ0v) is 7.92. The Hall–Kier alpha value is -0.620. The van der Waals surface area contributed by atoms with Gasteiger partial charge in [-0.2, -0.15) is 8.42 Å². The normalized spacial score (nSPS) is 19.8. The molecule has 1 aliphatic rings. The van der Waals surface area contributed by atoms with Crippen molar-refractivity contribution in [1.82, 2.24) is 0 Å². The highest BCUT2D eigenvalue weighted by atomic mass is 32.2. The van der Waals surface area contributed by atoms with Crippen LogP contribution in [0.2, 0.25) is 0 Å². The van der Waals surface area contributed by atoms with E-state index in [9.17, 15) is 13.2 Å². The summed E-state index contributed by atoms with van der Waals surface area (Å²) in [7, 11) is -4.66. The molecular formula is C7H12O5S. The molecule has 0 saturated heterocycles. The molecule has 0 unspecified atom stereocenters. The number of hydrogen-bond donors (Lipinski definition) is 1. The summed E-state index contributed by atoms with van der Waals surface area (Å²) in [6, 6.07) is 0. The van der Waals surface area contributed by atoms with Crippen molar-refractivity contribution in [2.75, 3.05) is 0 Å². The third kappa shape index (κ3) is 3.31. The lowest BCUT2D eigenvalue weighted by molar-refractivity contribution is 0.0931. The Morgan fingerprint density at radius 1 is 1.23 bits per heavy atom. The number of carbonyl (C=O) groups is 1. The van der Waals surface area contributed by atoms with E-state index in [0.717, 1.165) is 19.3 Å². The van der Waals surface area contributed by atoms with Gasteiger partial charge in [-0.15, -0.1) is 0 Å². The van der Waals surface area contributed by atoms with Gasteiger partial charge in [0, 0.05) is 0 Å². The van der Waals surface area contributed by atoms with E-state index in [4.69, 9.17) is 4.55 Å². The summed E-state index contributed by atoms with van der Waals surface area (Å²) in [6.45, 7) is 0. The zero-order valence-electron chi connectivity index (χ0n) is 7.10. The largest absolute Gasteiger partial charge is 0.452 e. The molecule has 0 aromatic rings. The first-order chi connectivity index (χ1) is 6.00. The molecule has 0 aromatic heterocycles. The van der Waals surface area contributed by atoms with Crippen LogP contribution in [-0.2, 0) is 14.9 Å². The molecule has 0 amide bonds. The van der Waals surface area contributed by atoms with Crippen LogP contribution >= 0.6 is 0 Å². The maximum atomic E-state index is 10.7. The van der Waals surface area contributed by atoms with Crippen LogP contribution in [0.1, 0.15) is 32.1 Å². The van der Waals surface area contributed by atoms with Crippen LogP contribution in [0.4, 0.5) is 4.79 Å². The van der Waals surface area contributed by atoms with Gasteiger partial charge in [0.1, 0.15) is 6.10 Å². The first-order valence-corrected chi connectivity index (χ1v) is 5.62. The lowest BCUT2D eigenvalue weighted by Gasteiger charge is -2.20. The lowest BCUT2D eigenvalue weighted by Crippen LogP contribution is -2.24. The highest BCUT2D eigenvalue weighted by Crippen LogP contribution is 2.20. The fraction of sp³-hybridized carbons (Fsp3) is 0.857. The predicted molar refractivity (Wildman–Crippen MR) is 44.9 cm³/mol. The van der Waals surface area contributed by atoms with Gasteiger partial charge >= 0.3 is 15.4 Å². The summed E-state index contributed by atoms with van der Waals surface area (Å²) in [4.78, 5) is 10.7. The molecule has 0 bridgehead atoms. The number of ether oxygens (including phenoxy) is 1. The van der Waals surface area contributed by atoms with Crippen molar-refractivity contribution in [3.8, 4) is 0 Å². The fourth-order valence-electron chi connectivity index (χ4n) is 1.38. The molecule has 0 spiro atoms. The van der Waals surface area contributed by atoms with Gasteiger partial charge in [-0.1, -0.05) is 6.42 Å². The summed E-state index contributed by atoms with van der Waals surface area (Å²) >= 11 is 0. The van der Waals surface area contributed by atoms with E-state index in [2.05, 4.69) is 4.74 Å². The van der Waals surface area contributed by atoms with Crippen molar-refractivity contribution < 1.29 is 22.5 Å². The Kier molecular flexibility index (Phi) is 3.27. The standard InChI is InChI=1S/C7H12O5S/c8-7(13(9,10)11)12-6-4-2-1-3-5-6/h6H,1-5H2,(H,9,10,11). The molecule has 6 heteroatoms. The second-order valence-electron chi connectivity index (χ2n) is 3.10. The van der Waals surface area contributed by atoms with E-state index in [1.165, 1.54) is 0 Å². The summed E-state index contributed by atoms with van der Waals surface area (Å²) < 4.78 is 33.5. The Morgan fingerprint density at radius 3 is 2.23 bits per heavy atom. The molecule has 1 saturated carbocycles. The zero-order chi connectivity index (χ0) is 9.90. The highest BCUT2D eigenvalue weighted by molar-refractivity contribution is 8.00. The Balaban J connectivity index is 2.44. The number of carbonyl (C=O) groups excluding carboxylic acids is 1. The van der Waals surface area contributed by atoms with Gasteiger partial charge in [-0.3, -0.25) is 4.55 Å². The van der Waals surface area contributed by atoms with Gasteiger partial charge in [0.2, 0.25) is 0 Å². The second-order valence-corrected chi connectivity index (χ2v) is 4.39. The summed E-state index contributed by atoms with van der Waals surface area (Å²) in [6.07, 6.45) is 3.97. The number of hydrogen-bond acceptors (Lipinski definition) is 4. The average molecular weight is 208 g/mol. The topological polar surface area (TPSA) is 80.7 Å². The van der Waals surface area contributed by atoms with Crippen molar-refractivity contribution >= 4 is 15.4 Å². The Labute approximate surface area is 76.8 Å². The molecule has 0 radical (unpaired) electrons. The fourth-order valence-corrected chi connectivity index (χ4v) is 1.64. The van der Waals surface area contributed by atoms with Gasteiger partial charge in [0.05, 0.1) is 0 Å². The molecule has 13 heavy (non-hydrogen) atoms. The van der Waals surface area contributed by atoms with Crippen molar-refractivity contribution in [2.24, 2.45) is 0 Å². The van der Waals surface area contributed by atoms with Gasteiger partial charge in [0.15, 0.2) is 0 Å². The predicted octanol–water partition coefficient (Wildman–Crippen LogP) is 1.34. The summed E-state index contributed by atoms with van der Waals surface area (Å²) in [5, 5.41) is -1.53. The molecule has 1 fully saturated rings. The van der Waals surface area contributed by atoms with Gasteiger partial charge in [0.25, 0.3) is 0 Å². The Morgan fingerprint density at radius 2 is 1.77 bits per heavy atom. The van der Waals surface area contributed by atoms with Gasteiger partial charge in [-0.25, -0.2) is 4.79 Å². The molecule has 0 aliphatic heterocycles. The minimum Gasteiger partial charge on any atom is -0.449 e. The van der Waals surface area contributed by atoms with E-state index in [-0.39, 0.29) is 6.10 Å². The molecule has 5 nitrogen and oxygen atoms in total. The van der Waals surface area contributed by atoms with Crippen LogP contribution in [0.5, 0.6) is 0 Å². The van der Waals surface area contributed by atoms with Crippen LogP contribution in [0.3, 0.4) is 0 Å². The maximum Gasteiger partial charge on any atom is 0.452 e. The maximum absolute atomic E-state index is 10.7. The smallest absolute Gasteiger partial charge is 0.449 e. The minimum absolute atomic E-state index is 0.344. The average Bonchev–Trinajstić information content (AvgIpc) is 2.04. The van der Waals surface area contributed by atoms with E-state index < -0.39 is 15.4 Å².